The van der Waals surface area contributed by atoms with Crippen molar-refractivity contribution in [1.29, 1.82) is 0 Å². The highest BCUT2D eigenvalue weighted by Crippen LogP contribution is 2.35. The molecule has 1 aromatic carbocycles. The Morgan fingerprint density at radius 2 is 1.72 bits per heavy atom. The van der Waals surface area contributed by atoms with Crippen LogP contribution in [0.1, 0.15) is 43.7 Å². The van der Waals surface area contributed by atoms with E-state index in [1.165, 1.54) is 24.0 Å². The van der Waals surface area contributed by atoms with Gasteiger partial charge in [0.25, 0.3) is 0 Å². The first-order valence-electron chi connectivity index (χ1n) is 7.09. The van der Waals surface area contributed by atoms with Crippen molar-refractivity contribution >= 4 is 0 Å². The zero-order valence-electron chi connectivity index (χ0n) is 11.6. The van der Waals surface area contributed by atoms with Gasteiger partial charge in [0.15, 0.2) is 0 Å². The minimum atomic E-state index is -0.0799. The van der Waals surface area contributed by atoms with Gasteiger partial charge in [0.2, 0.25) is 0 Å². The molecule has 2 rings (SSSR count). The van der Waals surface area contributed by atoms with E-state index in [9.17, 15) is 0 Å². The molecule has 0 bridgehead atoms. The first-order valence-corrected chi connectivity index (χ1v) is 7.09. The molecule has 0 radical (unpaired) electrons. The molecule has 2 nitrogen and oxygen atoms in total. The molecular formula is C16H25NO. The first kappa shape index (κ1) is 13.6. The summed E-state index contributed by atoms with van der Waals surface area (Å²) in [5, 5.41) is 0. The monoisotopic (exact) mass is 247 g/mol. The maximum atomic E-state index is 6.40. The van der Waals surface area contributed by atoms with Gasteiger partial charge < -0.3 is 10.5 Å². The largest absolute Gasteiger partial charge is 0.377 e. The number of nitrogens with two attached hydrogens (primary N) is 1. The standard InChI is InChI=1S/C16H25NO/c1-3-13-6-8-14(9-7-13)12-15(17)16(18-2)10-4-5-11-16/h6-9,15H,3-5,10-12,17H2,1-2H3. The molecule has 0 heterocycles. The summed E-state index contributed by atoms with van der Waals surface area (Å²) < 4.78 is 5.75. The van der Waals surface area contributed by atoms with Gasteiger partial charge in [0.05, 0.1) is 5.60 Å². The van der Waals surface area contributed by atoms with Crippen LogP contribution in [0, 0.1) is 0 Å². The van der Waals surface area contributed by atoms with Crippen molar-refractivity contribution in [2.45, 2.75) is 57.1 Å². The molecule has 1 atom stereocenters. The highest BCUT2D eigenvalue weighted by molar-refractivity contribution is 5.23. The van der Waals surface area contributed by atoms with Gasteiger partial charge in [0, 0.05) is 13.2 Å². The van der Waals surface area contributed by atoms with Gasteiger partial charge in [-0.15, -0.1) is 0 Å². The number of hydrogen-bond acceptors (Lipinski definition) is 2. The number of methoxy groups -OCH3 is 1. The van der Waals surface area contributed by atoms with Crippen LogP contribution in [0.5, 0.6) is 0 Å². The lowest BCUT2D eigenvalue weighted by atomic mass is 9.88. The highest BCUT2D eigenvalue weighted by Gasteiger charge is 2.39. The van der Waals surface area contributed by atoms with Crippen molar-refractivity contribution in [3.05, 3.63) is 35.4 Å². The van der Waals surface area contributed by atoms with Crippen molar-refractivity contribution < 1.29 is 4.74 Å². The Hall–Kier alpha value is -0.860. The lowest BCUT2D eigenvalue weighted by molar-refractivity contribution is -0.0253. The minimum absolute atomic E-state index is 0.0799. The summed E-state index contributed by atoms with van der Waals surface area (Å²) in [7, 11) is 1.81. The second kappa shape index (κ2) is 5.85. The third kappa shape index (κ3) is 2.76. The van der Waals surface area contributed by atoms with Gasteiger partial charge in [-0.2, -0.15) is 0 Å². The molecule has 0 aromatic heterocycles. The van der Waals surface area contributed by atoms with Gasteiger partial charge in [-0.05, 0) is 36.8 Å². The lowest BCUT2D eigenvalue weighted by Gasteiger charge is -2.34. The molecule has 18 heavy (non-hydrogen) atoms. The minimum Gasteiger partial charge on any atom is -0.377 e. The maximum Gasteiger partial charge on any atom is 0.0832 e. The summed E-state index contributed by atoms with van der Waals surface area (Å²) in [5.41, 5.74) is 9.03. The van der Waals surface area contributed by atoms with Crippen LogP contribution in [0.4, 0.5) is 0 Å². The smallest absolute Gasteiger partial charge is 0.0832 e. The van der Waals surface area contributed by atoms with E-state index < -0.39 is 0 Å². The third-order valence-electron chi connectivity index (χ3n) is 4.42. The van der Waals surface area contributed by atoms with E-state index in [-0.39, 0.29) is 11.6 Å². The lowest BCUT2D eigenvalue weighted by Crippen LogP contribution is -2.48. The van der Waals surface area contributed by atoms with Crippen molar-refractivity contribution in [2.24, 2.45) is 5.73 Å². The quantitative estimate of drug-likeness (QED) is 0.868. The van der Waals surface area contributed by atoms with E-state index in [1.807, 2.05) is 7.11 Å². The summed E-state index contributed by atoms with van der Waals surface area (Å²) in [4.78, 5) is 0. The zero-order valence-corrected chi connectivity index (χ0v) is 11.6. The molecule has 2 N–H and O–H groups in total. The van der Waals surface area contributed by atoms with Crippen LogP contribution in [0.3, 0.4) is 0 Å². The van der Waals surface area contributed by atoms with Crippen LogP contribution in [-0.4, -0.2) is 18.8 Å². The average Bonchev–Trinajstić information content (AvgIpc) is 2.89. The van der Waals surface area contributed by atoms with Gasteiger partial charge in [-0.25, -0.2) is 0 Å². The molecule has 2 heteroatoms. The van der Waals surface area contributed by atoms with E-state index in [1.54, 1.807) is 0 Å². The summed E-state index contributed by atoms with van der Waals surface area (Å²) in [5.74, 6) is 0. The Morgan fingerprint density at radius 3 is 2.22 bits per heavy atom. The van der Waals surface area contributed by atoms with E-state index >= 15 is 0 Å². The van der Waals surface area contributed by atoms with E-state index in [0.717, 1.165) is 25.7 Å². The molecule has 0 amide bonds. The summed E-state index contributed by atoms with van der Waals surface area (Å²) in [6, 6.07) is 8.93. The molecule has 100 valence electrons. The SMILES string of the molecule is CCc1ccc(CC(N)C2(OC)CCCC2)cc1. The Kier molecular flexibility index (Phi) is 4.41. The fourth-order valence-electron chi connectivity index (χ4n) is 3.05. The summed E-state index contributed by atoms with van der Waals surface area (Å²) in [6.07, 6.45) is 6.72. The Bertz CT molecular complexity index is 365. The van der Waals surface area contributed by atoms with Crippen molar-refractivity contribution in [3.63, 3.8) is 0 Å². The molecule has 1 saturated carbocycles. The Labute approximate surface area is 111 Å². The fraction of sp³-hybridized carbons (Fsp3) is 0.625. The van der Waals surface area contributed by atoms with Crippen molar-refractivity contribution in [2.75, 3.05) is 7.11 Å². The number of hydrogen-bond donors (Lipinski definition) is 1. The fourth-order valence-corrected chi connectivity index (χ4v) is 3.05. The molecular weight excluding hydrogens is 222 g/mol. The van der Waals surface area contributed by atoms with Gasteiger partial charge in [-0.1, -0.05) is 44.0 Å². The van der Waals surface area contributed by atoms with Crippen LogP contribution in [0.15, 0.2) is 24.3 Å². The van der Waals surface area contributed by atoms with Crippen LogP contribution < -0.4 is 5.73 Å². The number of aryl methyl sites for hydroxylation is 1. The van der Waals surface area contributed by atoms with E-state index in [0.29, 0.717) is 0 Å². The van der Waals surface area contributed by atoms with E-state index in [2.05, 4.69) is 31.2 Å². The number of benzene rings is 1. The van der Waals surface area contributed by atoms with Crippen molar-refractivity contribution in [1.82, 2.24) is 0 Å². The first-order chi connectivity index (χ1) is 8.70. The second-order valence-electron chi connectivity index (χ2n) is 5.46. The topological polar surface area (TPSA) is 35.2 Å². The molecule has 0 spiro atoms. The second-order valence-corrected chi connectivity index (χ2v) is 5.46. The number of rotatable bonds is 5. The average molecular weight is 247 g/mol. The molecule has 1 aromatic rings. The highest BCUT2D eigenvalue weighted by atomic mass is 16.5. The zero-order chi connectivity index (χ0) is 13.0. The van der Waals surface area contributed by atoms with Crippen LogP contribution in [0.2, 0.25) is 0 Å². The molecule has 0 saturated heterocycles. The molecule has 1 fully saturated rings. The third-order valence-corrected chi connectivity index (χ3v) is 4.42. The summed E-state index contributed by atoms with van der Waals surface area (Å²) in [6.45, 7) is 2.18. The van der Waals surface area contributed by atoms with Gasteiger partial charge in [0.1, 0.15) is 0 Å². The normalized spacial score (nSPS) is 19.9. The maximum absolute atomic E-state index is 6.40. The van der Waals surface area contributed by atoms with Crippen LogP contribution in [0.25, 0.3) is 0 Å². The van der Waals surface area contributed by atoms with Crippen LogP contribution >= 0.6 is 0 Å². The predicted octanol–water partition coefficient (Wildman–Crippen LogP) is 3.08. The number of ether oxygens (including phenoxy) is 1. The predicted molar refractivity (Wildman–Crippen MR) is 75.7 cm³/mol. The van der Waals surface area contributed by atoms with Crippen LogP contribution in [-0.2, 0) is 17.6 Å². The van der Waals surface area contributed by atoms with E-state index in [4.69, 9.17) is 10.5 Å². The summed E-state index contributed by atoms with van der Waals surface area (Å²) >= 11 is 0. The van der Waals surface area contributed by atoms with Gasteiger partial charge >= 0.3 is 0 Å². The Morgan fingerprint density at radius 1 is 1.17 bits per heavy atom. The molecule has 0 aliphatic heterocycles. The Balaban J connectivity index is 2.03. The molecule has 1 unspecified atom stereocenters. The van der Waals surface area contributed by atoms with Gasteiger partial charge in [-0.3, -0.25) is 0 Å². The van der Waals surface area contributed by atoms with Crippen molar-refractivity contribution in [3.8, 4) is 0 Å². The molecule has 1 aliphatic carbocycles. The molecule has 1 aliphatic rings.